The fraction of sp³-hybridized carbons (Fsp3) is 0.0714. The first-order chi connectivity index (χ1) is 9.51. The maximum Gasteiger partial charge on any atom is 0.259 e. The number of ether oxygens (including phenoxy) is 1. The van der Waals surface area contributed by atoms with Gasteiger partial charge >= 0.3 is 0 Å². The van der Waals surface area contributed by atoms with Crippen LogP contribution in [0.5, 0.6) is 5.75 Å². The molecule has 20 heavy (non-hydrogen) atoms. The summed E-state index contributed by atoms with van der Waals surface area (Å²) in [5, 5.41) is 3.42. The molecule has 2 aromatic rings. The molecule has 0 bridgehead atoms. The molecule has 0 aliphatic carbocycles. The second kappa shape index (κ2) is 6.48. The van der Waals surface area contributed by atoms with Gasteiger partial charge in [-0.2, -0.15) is 0 Å². The number of carbonyl (C=O) groups excluding carboxylic acids is 1. The van der Waals surface area contributed by atoms with Crippen molar-refractivity contribution in [3.8, 4) is 5.75 Å². The summed E-state index contributed by atoms with van der Waals surface area (Å²) in [5.41, 5.74) is 0.938. The Hall–Kier alpha value is -1.23. The molecule has 2 aromatic carbocycles. The number of hydrogen-bond acceptors (Lipinski definition) is 2. The van der Waals surface area contributed by atoms with E-state index in [4.69, 9.17) is 27.9 Å². The third-order valence-electron chi connectivity index (χ3n) is 2.54. The Labute approximate surface area is 135 Å². The zero-order valence-electron chi connectivity index (χ0n) is 10.4. The maximum atomic E-state index is 12.3. The molecule has 0 aliphatic heterocycles. The Bertz CT molecular complexity index is 662. The van der Waals surface area contributed by atoms with E-state index in [1.54, 1.807) is 12.1 Å². The van der Waals surface area contributed by atoms with Crippen LogP contribution in [-0.2, 0) is 0 Å². The predicted octanol–water partition coefficient (Wildman–Crippen LogP) is 5.02. The standard InChI is InChI=1S/C14H10BrCl2NO2/c1-20-13-11(6-9(16)7-12(13)17)14(19)18-10-4-2-3-8(15)5-10/h2-7H,1H3,(H,18,19). The van der Waals surface area contributed by atoms with Crippen LogP contribution in [0.15, 0.2) is 40.9 Å². The first kappa shape index (κ1) is 15.2. The van der Waals surface area contributed by atoms with Gasteiger partial charge in [-0.3, -0.25) is 4.79 Å². The van der Waals surface area contributed by atoms with Crippen molar-refractivity contribution >= 4 is 50.7 Å². The van der Waals surface area contributed by atoms with Crippen LogP contribution in [0, 0.1) is 0 Å². The van der Waals surface area contributed by atoms with Gasteiger partial charge in [-0.1, -0.05) is 45.2 Å². The van der Waals surface area contributed by atoms with E-state index in [2.05, 4.69) is 21.2 Å². The summed E-state index contributed by atoms with van der Waals surface area (Å²) in [7, 11) is 1.45. The number of rotatable bonds is 3. The molecular formula is C14H10BrCl2NO2. The van der Waals surface area contributed by atoms with E-state index in [0.717, 1.165) is 4.47 Å². The number of methoxy groups -OCH3 is 1. The van der Waals surface area contributed by atoms with E-state index in [0.29, 0.717) is 21.5 Å². The minimum atomic E-state index is -0.343. The number of halogens is 3. The van der Waals surface area contributed by atoms with E-state index in [1.807, 2.05) is 12.1 Å². The van der Waals surface area contributed by atoms with Crippen molar-refractivity contribution in [3.05, 3.63) is 56.5 Å². The Balaban J connectivity index is 2.34. The van der Waals surface area contributed by atoms with E-state index < -0.39 is 0 Å². The normalized spacial score (nSPS) is 10.2. The molecule has 0 saturated heterocycles. The van der Waals surface area contributed by atoms with Gasteiger partial charge in [0.05, 0.1) is 17.7 Å². The van der Waals surface area contributed by atoms with Crippen molar-refractivity contribution < 1.29 is 9.53 Å². The lowest BCUT2D eigenvalue weighted by Gasteiger charge is -2.11. The van der Waals surface area contributed by atoms with Gasteiger partial charge in [-0.15, -0.1) is 0 Å². The highest BCUT2D eigenvalue weighted by atomic mass is 79.9. The largest absolute Gasteiger partial charge is 0.494 e. The third kappa shape index (κ3) is 3.45. The second-order valence-corrected chi connectivity index (χ2v) is 5.69. The highest BCUT2D eigenvalue weighted by molar-refractivity contribution is 9.10. The first-order valence-electron chi connectivity index (χ1n) is 5.61. The lowest BCUT2D eigenvalue weighted by molar-refractivity contribution is 0.102. The lowest BCUT2D eigenvalue weighted by atomic mass is 10.1. The number of anilines is 1. The van der Waals surface area contributed by atoms with Gasteiger partial charge in [0.2, 0.25) is 0 Å². The molecule has 0 atom stereocenters. The Morgan fingerprint density at radius 1 is 1.25 bits per heavy atom. The van der Waals surface area contributed by atoms with Gasteiger partial charge in [0.15, 0.2) is 0 Å². The molecule has 1 N–H and O–H groups in total. The van der Waals surface area contributed by atoms with Crippen LogP contribution in [0.3, 0.4) is 0 Å². The van der Waals surface area contributed by atoms with Gasteiger partial charge in [-0.25, -0.2) is 0 Å². The quantitative estimate of drug-likeness (QED) is 0.819. The number of nitrogens with one attached hydrogen (secondary N) is 1. The summed E-state index contributed by atoms with van der Waals surface area (Å²) < 4.78 is 6.02. The van der Waals surface area contributed by atoms with Gasteiger partial charge in [0, 0.05) is 15.2 Å². The summed E-state index contributed by atoms with van der Waals surface area (Å²) in [4.78, 5) is 12.3. The molecular weight excluding hydrogens is 365 g/mol. The summed E-state index contributed by atoms with van der Waals surface area (Å²) >= 11 is 15.3. The number of benzene rings is 2. The zero-order chi connectivity index (χ0) is 14.7. The molecule has 0 heterocycles. The highest BCUT2D eigenvalue weighted by Crippen LogP contribution is 2.32. The minimum absolute atomic E-state index is 0.282. The fourth-order valence-electron chi connectivity index (χ4n) is 1.70. The molecule has 0 aromatic heterocycles. The van der Waals surface area contributed by atoms with Crippen LogP contribution in [0.2, 0.25) is 10.0 Å². The summed E-state index contributed by atoms with van der Waals surface area (Å²) in [6, 6.07) is 10.3. The Kier molecular flexibility index (Phi) is 4.91. The van der Waals surface area contributed by atoms with Crippen LogP contribution in [0.4, 0.5) is 5.69 Å². The van der Waals surface area contributed by atoms with Crippen LogP contribution >= 0.6 is 39.1 Å². The molecule has 0 unspecified atom stereocenters. The Morgan fingerprint density at radius 2 is 2.00 bits per heavy atom. The molecule has 3 nitrogen and oxygen atoms in total. The first-order valence-corrected chi connectivity index (χ1v) is 7.16. The van der Waals surface area contributed by atoms with E-state index >= 15 is 0 Å². The van der Waals surface area contributed by atoms with Crippen molar-refractivity contribution in [1.82, 2.24) is 0 Å². The fourth-order valence-corrected chi connectivity index (χ4v) is 2.67. The SMILES string of the molecule is COc1c(Cl)cc(Cl)cc1C(=O)Nc1cccc(Br)c1. The van der Waals surface area contributed by atoms with E-state index in [9.17, 15) is 4.79 Å². The predicted molar refractivity (Wildman–Crippen MR) is 85.1 cm³/mol. The Morgan fingerprint density at radius 3 is 2.65 bits per heavy atom. The molecule has 0 spiro atoms. The topological polar surface area (TPSA) is 38.3 Å². The molecule has 6 heteroatoms. The van der Waals surface area contributed by atoms with Gasteiger partial charge in [0.1, 0.15) is 5.75 Å². The average molecular weight is 375 g/mol. The minimum Gasteiger partial charge on any atom is -0.494 e. The summed E-state index contributed by atoms with van der Waals surface area (Å²) in [6.45, 7) is 0. The highest BCUT2D eigenvalue weighted by Gasteiger charge is 2.17. The summed E-state index contributed by atoms with van der Waals surface area (Å²) in [6.07, 6.45) is 0. The van der Waals surface area contributed by atoms with E-state index in [-0.39, 0.29) is 11.5 Å². The molecule has 0 aliphatic rings. The van der Waals surface area contributed by atoms with Gasteiger partial charge in [-0.05, 0) is 30.3 Å². The second-order valence-electron chi connectivity index (χ2n) is 3.93. The van der Waals surface area contributed by atoms with E-state index in [1.165, 1.54) is 19.2 Å². The van der Waals surface area contributed by atoms with Gasteiger partial charge < -0.3 is 10.1 Å². The van der Waals surface area contributed by atoms with Crippen molar-refractivity contribution in [1.29, 1.82) is 0 Å². The number of amides is 1. The molecule has 2 rings (SSSR count). The van der Waals surface area contributed by atoms with Crippen LogP contribution < -0.4 is 10.1 Å². The smallest absolute Gasteiger partial charge is 0.259 e. The number of hydrogen-bond donors (Lipinski definition) is 1. The molecule has 1 amide bonds. The molecule has 0 saturated carbocycles. The van der Waals surface area contributed by atoms with Crippen molar-refractivity contribution in [2.24, 2.45) is 0 Å². The maximum absolute atomic E-state index is 12.3. The average Bonchev–Trinajstić information content (AvgIpc) is 2.37. The summed E-state index contributed by atoms with van der Waals surface area (Å²) in [5.74, 6) is -0.0482. The van der Waals surface area contributed by atoms with Crippen molar-refractivity contribution in [2.45, 2.75) is 0 Å². The number of carbonyl (C=O) groups is 1. The molecule has 0 fully saturated rings. The van der Waals surface area contributed by atoms with Gasteiger partial charge in [0.25, 0.3) is 5.91 Å². The van der Waals surface area contributed by atoms with Crippen LogP contribution in [0.25, 0.3) is 0 Å². The third-order valence-corrected chi connectivity index (χ3v) is 3.53. The van der Waals surface area contributed by atoms with Crippen LogP contribution in [0.1, 0.15) is 10.4 Å². The zero-order valence-corrected chi connectivity index (χ0v) is 13.5. The van der Waals surface area contributed by atoms with Crippen molar-refractivity contribution in [3.63, 3.8) is 0 Å². The molecule has 104 valence electrons. The lowest BCUT2D eigenvalue weighted by Crippen LogP contribution is -2.13. The monoisotopic (exact) mass is 373 g/mol. The van der Waals surface area contributed by atoms with Crippen LogP contribution in [-0.4, -0.2) is 13.0 Å². The molecule has 0 radical (unpaired) electrons. The van der Waals surface area contributed by atoms with Crippen molar-refractivity contribution in [2.75, 3.05) is 12.4 Å².